The van der Waals surface area contributed by atoms with Gasteiger partial charge in [0.15, 0.2) is 0 Å². The normalized spacial score (nSPS) is 15.3. The number of rotatable bonds is 6. The number of unbranched alkanes of at least 4 members (excludes halogenated alkanes) is 1. The van der Waals surface area contributed by atoms with E-state index < -0.39 is 0 Å². The number of imidazole rings is 1. The zero-order valence-corrected chi connectivity index (χ0v) is 14.1. The van der Waals surface area contributed by atoms with Gasteiger partial charge in [-0.15, -0.1) is 0 Å². The maximum absolute atomic E-state index is 4.62. The fraction of sp³-hybridized carbons (Fsp3) is 0.400. The van der Waals surface area contributed by atoms with Crippen molar-refractivity contribution in [3.05, 3.63) is 49.1 Å². The molecule has 24 heavy (non-hydrogen) atoms. The lowest BCUT2D eigenvalue weighted by Crippen LogP contribution is -2.20. The van der Waals surface area contributed by atoms with Crippen molar-refractivity contribution in [3.8, 4) is 11.4 Å². The zero-order valence-electron chi connectivity index (χ0n) is 14.1. The summed E-state index contributed by atoms with van der Waals surface area (Å²) in [5.41, 5.74) is 1.19. The number of nitrogens with zero attached hydrogens (tertiary/aromatic N) is 4. The minimum absolute atomic E-state index is 1.03. The van der Waals surface area contributed by atoms with Crippen LogP contribution in [0.1, 0.15) is 25.7 Å². The first-order valence-electron chi connectivity index (χ1n) is 8.98. The number of pyridine rings is 1. The Bertz CT molecular complexity index is 797. The lowest BCUT2D eigenvalue weighted by atomic mass is 10.1. The molecule has 1 aliphatic heterocycles. The van der Waals surface area contributed by atoms with E-state index >= 15 is 0 Å². The van der Waals surface area contributed by atoms with Gasteiger partial charge in [0.1, 0.15) is 5.82 Å². The van der Waals surface area contributed by atoms with Crippen molar-refractivity contribution in [3.63, 3.8) is 0 Å². The smallest absolute Gasteiger partial charge is 0.140 e. The Balaban J connectivity index is 1.47. The average molecular weight is 320 g/mol. The summed E-state index contributed by atoms with van der Waals surface area (Å²) >= 11 is 0. The van der Waals surface area contributed by atoms with Crippen LogP contribution in [0.3, 0.4) is 0 Å². The molecule has 0 N–H and O–H groups in total. The first-order chi connectivity index (χ1) is 11.9. The van der Waals surface area contributed by atoms with Crippen LogP contribution < -0.4 is 0 Å². The number of benzene rings is 1. The van der Waals surface area contributed by atoms with Gasteiger partial charge < -0.3 is 9.47 Å². The third kappa shape index (κ3) is 3.20. The molecule has 0 unspecified atom stereocenters. The molecule has 0 atom stereocenters. The summed E-state index contributed by atoms with van der Waals surface area (Å²) in [4.78, 5) is 11.4. The van der Waals surface area contributed by atoms with E-state index in [2.05, 4.69) is 49.9 Å². The highest BCUT2D eigenvalue weighted by atomic mass is 15.1. The number of hydrogen-bond acceptors (Lipinski definition) is 3. The maximum atomic E-state index is 4.62. The lowest BCUT2D eigenvalue weighted by molar-refractivity contribution is 0.326. The first kappa shape index (κ1) is 15.3. The van der Waals surface area contributed by atoms with E-state index in [4.69, 9.17) is 0 Å². The van der Waals surface area contributed by atoms with Crippen LogP contribution in [0, 0.1) is 0 Å². The molecule has 1 aromatic carbocycles. The molecule has 4 nitrogen and oxygen atoms in total. The molecule has 0 radical (unpaired) electrons. The number of hydrogen-bond donors (Lipinski definition) is 0. The van der Waals surface area contributed by atoms with Crippen molar-refractivity contribution in [1.29, 1.82) is 0 Å². The Morgan fingerprint density at radius 1 is 0.958 bits per heavy atom. The van der Waals surface area contributed by atoms with Crippen molar-refractivity contribution in [1.82, 2.24) is 19.4 Å². The monoisotopic (exact) mass is 320 g/mol. The van der Waals surface area contributed by atoms with E-state index in [0.29, 0.717) is 0 Å². The van der Waals surface area contributed by atoms with Crippen LogP contribution in [0.25, 0.3) is 22.2 Å². The van der Waals surface area contributed by atoms with Crippen molar-refractivity contribution in [2.75, 3.05) is 19.6 Å². The SMILES string of the molecule is c1cc(-c2nccn2CCCCN2CCCC2)c2ccncc2c1. The van der Waals surface area contributed by atoms with E-state index in [-0.39, 0.29) is 0 Å². The molecule has 3 heterocycles. The van der Waals surface area contributed by atoms with Crippen LogP contribution in [0.4, 0.5) is 0 Å². The molecule has 124 valence electrons. The second-order valence-electron chi connectivity index (χ2n) is 6.60. The maximum Gasteiger partial charge on any atom is 0.140 e. The fourth-order valence-corrected chi connectivity index (χ4v) is 3.68. The summed E-state index contributed by atoms with van der Waals surface area (Å²) in [5, 5.41) is 2.38. The summed E-state index contributed by atoms with van der Waals surface area (Å²) in [6.07, 6.45) is 13.0. The standard InChI is InChI=1S/C20H24N4/c1-2-12-23(11-1)13-3-4-14-24-15-10-22-20(24)19-7-5-6-17-16-21-9-8-18(17)19/h5-10,15-16H,1-4,11-14H2. The highest BCUT2D eigenvalue weighted by Gasteiger charge is 2.12. The Labute approximate surface area is 143 Å². The molecule has 1 fully saturated rings. The topological polar surface area (TPSA) is 34.0 Å². The van der Waals surface area contributed by atoms with Crippen LogP contribution in [-0.2, 0) is 6.54 Å². The predicted molar refractivity (Wildman–Crippen MR) is 97.9 cm³/mol. The van der Waals surface area contributed by atoms with E-state index in [1.54, 1.807) is 0 Å². The molecule has 0 bridgehead atoms. The van der Waals surface area contributed by atoms with Gasteiger partial charge >= 0.3 is 0 Å². The van der Waals surface area contributed by atoms with Gasteiger partial charge in [0.25, 0.3) is 0 Å². The van der Waals surface area contributed by atoms with E-state index in [1.165, 1.54) is 61.7 Å². The molecule has 0 amide bonds. The third-order valence-electron chi connectivity index (χ3n) is 4.96. The van der Waals surface area contributed by atoms with Gasteiger partial charge in [-0.1, -0.05) is 18.2 Å². The van der Waals surface area contributed by atoms with Crippen molar-refractivity contribution < 1.29 is 0 Å². The number of likely N-dealkylation sites (tertiary alicyclic amines) is 1. The first-order valence-corrected chi connectivity index (χ1v) is 8.98. The second-order valence-corrected chi connectivity index (χ2v) is 6.60. The lowest BCUT2D eigenvalue weighted by Gasteiger charge is -2.14. The summed E-state index contributed by atoms with van der Waals surface area (Å²) < 4.78 is 2.29. The zero-order chi connectivity index (χ0) is 16.2. The Morgan fingerprint density at radius 3 is 2.75 bits per heavy atom. The molecule has 0 spiro atoms. The van der Waals surface area contributed by atoms with Gasteiger partial charge in [-0.2, -0.15) is 0 Å². The average Bonchev–Trinajstić information content (AvgIpc) is 3.30. The summed E-state index contributed by atoms with van der Waals surface area (Å²) in [7, 11) is 0. The Kier molecular flexibility index (Phi) is 4.56. The molecule has 1 aliphatic rings. The number of aryl methyl sites for hydroxylation is 1. The largest absolute Gasteiger partial charge is 0.331 e. The highest BCUT2D eigenvalue weighted by Crippen LogP contribution is 2.27. The molecule has 0 aliphatic carbocycles. The van der Waals surface area contributed by atoms with Gasteiger partial charge in [-0.25, -0.2) is 4.98 Å². The van der Waals surface area contributed by atoms with Crippen LogP contribution in [-0.4, -0.2) is 39.1 Å². The molecule has 4 rings (SSSR count). The van der Waals surface area contributed by atoms with Gasteiger partial charge in [0.05, 0.1) is 0 Å². The van der Waals surface area contributed by atoms with Crippen LogP contribution >= 0.6 is 0 Å². The summed E-state index contributed by atoms with van der Waals surface area (Å²) in [6.45, 7) is 4.86. The third-order valence-corrected chi connectivity index (χ3v) is 4.96. The van der Waals surface area contributed by atoms with E-state index in [9.17, 15) is 0 Å². The molecular formula is C20H24N4. The Hall–Kier alpha value is -2.20. The predicted octanol–water partition coefficient (Wildman–Crippen LogP) is 3.97. The molecule has 4 heteroatoms. The molecule has 0 saturated carbocycles. The molecular weight excluding hydrogens is 296 g/mol. The van der Waals surface area contributed by atoms with E-state index in [1.807, 2.05) is 18.6 Å². The summed E-state index contributed by atoms with van der Waals surface area (Å²) in [5.74, 6) is 1.06. The van der Waals surface area contributed by atoms with Gasteiger partial charge in [0, 0.05) is 42.3 Å². The van der Waals surface area contributed by atoms with Gasteiger partial charge in [-0.3, -0.25) is 4.98 Å². The van der Waals surface area contributed by atoms with Crippen LogP contribution in [0.2, 0.25) is 0 Å². The summed E-state index contributed by atoms with van der Waals surface area (Å²) in [6, 6.07) is 8.43. The van der Waals surface area contributed by atoms with E-state index in [0.717, 1.165) is 12.4 Å². The van der Waals surface area contributed by atoms with Crippen LogP contribution in [0.5, 0.6) is 0 Å². The minimum Gasteiger partial charge on any atom is -0.331 e. The Morgan fingerprint density at radius 2 is 1.83 bits per heavy atom. The van der Waals surface area contributed by atoms with Crippen molar-refractivity contribution >= 4 is 10.8 Å². The van der Waals surface area contributed by atoms with Crippen molar-refractivity contribution in [2.24, 2.45) is 0 Å². The fourth-order valence-electron chi connectivity index (χ4n) is 3.68. The van der Waals surface area contributed by atoms with Gasteiger partial charge in [0.2, 0.25) is 0 Å². The van der Waals surface area contributed by atoms with Crippen molar-refractivity contribution in [2.45, 2.75) is 32.2 Å². The number of aromatic nitrogens is 3. The van der Waals surface area contributed by atoms with Crippen LogP contribution in [0.15, 0.2) is 49.1 Å². The molecule has 3 aromatic rings. The van der Waals surface area contributed by atoms with Gasteiger partial charge in [-0.05, 0) is 56.8 Å². The molecule has 1 saturated heterocycles. The minimum atomic E-state index is 1.03. The number of fused-ring (bicyclic) bond motifs is 1. The molecule has 2 aromatic heterocycles. The second kappa shape index (κ2) is 7.14. The quantitative estimate of drug-likeness (QED) is 0.644. The highest BCUT2D eigenvalue weighted by molar-refractivity contribution is 5.94.